The maximum absolute atomic E-state index is 12.0. The fourth-order valence-corrected chi connectivity index (χ4v) is 3.33. The summed E-state index contributed by atoms with van der Waals surface area (Å²) in [6.07, 6.45) is 0. The molecule has 0 saturated heterocycles. The zero-order chi connectivity index (χ0) is 17.9. The molecule has 128 valence electrons. The molecule has 0 bridgehead atoms. The van der Waals surface area contributed by atoms with Crippen LogP contribution in [0, 0.1) is 12.8 Å². The first-order valence-corrected chi connectivity index (χ1v) is 8.64. The van der Waals surface area contributed by atoms with Crippen molar-refractivity contribution < 1.29 is 14.3 Å². The number of nitrogen functional groups attached to an aromatic ring is 1. The number of hydrogen-bond donors (Lipinski definition) is 2. The Hall–Kier alpha value is -2.34. The Morgan fingerprint density at radius 3 is 2.42 bits per heavy atom. The average molecular weight is 346 g/mol. The van der Waals surface area contributed by atoms with Gasteiger partial charge in [-0.05, 0) is 37.1 Å². The van der Waals surface area contributed by atoms with Gasteiger partial charge < -0.3 is 15.8 Å². The molecule has 0 radical (unpaired) electrons. The summed E-state index contributed by atoms with van der Waals surface area (Å²) in [6, 6.07) is 7.50. The number of carbonyl (C=O) groups is 2. The molecule has 1 amide bonds. The lowest BCUT2D eigenvalue weighted by Gasteiger charge is -2.08. The average Bonchev–Trinajstić information content (AvgIpc) is 2.83. The van der Waals surface area contributed by atoms with Crippen molar-refractivity contribution in [1.82, 2.24) is 0 Å². The number of anilines is 2. The molecule has 0 fully saturated rings. The third kappa shape index (κ3) is 3.76. The molecule has 0 aliphatic rings. The highest BCUT2D eigenvalue weighted by Gasteiger charge is 2.21. The van der Waals surface area contributed by atoms with Gasteiger partial charge in [-0.3, -0.25) is 4.79 Å². The third-order valence-electron chi connectivity index (χ3n) is 3.59. The molecule has 0 spiro atoms. The molecule has 1 aromatic heterocycles. The van der Waals surface area contributed by atoms with E-state index < -0.39 is 5.97 Å². The fourth-order valence-electron chi connectivity index (χ4n) is 2.26. The highest BCUT2D eigenvalue weighted by atomic mass is 32.1. The van der Waals surface area contributed by atoms with Gasteiger partial charge >= 0.3 is 5.97 Å². The normalized spacial score (nSPS) is 10.7. The quantitative estimate of drug-likeness (QED) is 0.799. The van der Waals surface area contributed by atoms with Gasteiger partial charge in [0.25, 0.3) is 0 Å². The van der Waals surface area contributed by atoms with Crippen LogP contribution in [0.1, 0.15) is 36.7 Å². The summed E-state index contributed by atoms with van der Waals surface area (Å²) in [5.74, 6) is -0.490. The van der Waals surface area contributed by atoms with Crippen molar-refractivity contribution >= 4 is 33.9 Å². The van der Waals surface area contributed by atoms with Crippen molar-refractivity contribution in [2.45, 2.75) is 27.7 Å². The van der Waals surface area contributed by atoms with Gasteiger partial charge in [0.15, 0.2) is 0 Å². The monoisotopic (exact) mass is 346 g/mol. The van der Waals surface area contributed by atoms with E-state index in [4.69, 9.17) is 10.5 Å². The van der Waals surface area contributed by atoms with Crippen molar-refractivity contribution in [1.29, 1.82) is 0 Å². The van der Waals surface area contributed by atoms with Gasteiger partial charge in [-0.15, -0.1) is 11.3 Å². The predicted molar refractivity (Wildman–Crippen MR) is 98.3 cm³/mol. The van der Waals surface area contributed by atoms with Crippen LogP contribution in [0.4, 0.5) is 10.7 Å². The maximum Gasteiger partial charge on any atom is 0.341 e. The summed E-state index contributed by atoms with van der Waals surface area (Å²) >= 11 is 1.36. The van der Waals surface area contributed by atoms with Crippen LogP contribution >= 0.6 is 11.3 Å². The predicted octanol–water partition coefficient (Wildman–Crippen LogP) is 4.08. The SMILES string of the molecule is CCOC(=O)c1c(N)sc(-c2ccc(NC(=O)C(C)C)cc2)c1C. The van der Waals surface area contributed by atoms with Crippen LogP contribution in [0.25, 0.3) is 10.4 Å². The van der Waals surface area contributed by atoms with E-state index in [0.29, 0.717) is 17.2 Å². The Morgan fingerprint density at radius 2 is 1.88 bits per heavy atom. The van der Waals surface area contributed by atoms with Crippen LogP contribution in [-0.4, -0.2) is 18.5 Å². The second-order valence-electron chi connectivity index (χ2n) is 5.74. The molecule has 5 nitrogen and oxygen atoms in total. The van der Waals surface area contributed by atoms with Gasteiger partial charge in [0, 0.05) is 16.5 Å². The number of ether oxygens (including phenoxy) is 1. The van der Waals surface area contributed by atoms with Crippen molar-refractivity contribution in [3.05, 3.63) is 35.4 Å². The van der Waals surface area contributed by atoms with Crippen molar-refractivity contribution in [2.24, 2.45) is 5.92 Å². The molecule has 1 heterocycles. The van der Waals surface area contributed by atoms with Gasteiger partial charge in [-0.2, -0.15) is 0 Å². The molecule has 2 aromatic rings. The minimum Gasteiger partial charge on any atom is -0.462 e. The first kappa shape index (κ1) is 18.0. The zero-order valence-electron chi connectivity index (χ0n) is 14.3. The molecular formula is C18H22N2O3S. The number of nitrogens with one attached hydrogen (secondary N) is 1. The Morgan fingerprint density at radius 1 is 1.25 bits per heavy atom. The second kappa shape index (κ2) is 7.49. The number of hydrogen-bond acceptors (Lipinski definition) is 5. The van der Waals surface area contributed by atoms with Gasteiger partial charge in [-0.1, -0.05) is 26.0 Å². The van der Waals surface area contributed by atoms with Crippen LogP contribution in [0.3, 0.4) is 0 Å². The number of nitrogens with two attached hydrogens (primary N) is 1. The van der Waals surface area contributed by atoms with Crippen molar-refractivity contribution in [2.75, 3.05) is 17.7 Å². The highest BCUT2D eigenvalue weighted by Crippen LogP contribution is 2.38. The van der Waals surface area contributed by atoms with Crippen LogP contribution < -0.4 is 11.1 Å². The van der Waals surface area contributed by atoms with Crippen molar-refractivity contribution in [3.8, 4) is 10.4 Å². The van der Waals surface area contributed by atoms with Gasteiger partial charge in [0.2, 0.25) is 5.91 Å². The van der Waals surface area contributed by atoms with E-state index in [1.165, 1.54) is 11.3 Å². The van der Waals surface area contributed by atoms with E-state index in [-0.39, 0.29) is 11.8 Å². The van der Waals surface area contributed by atoms with Crippen LogP contribution in [-0.2, 0) is 9.53 Å². The summed E-state index contributed by atoms with van der Waals surface area (Å²) in [5.41, 5.74) is 8.94. The Kier molecular flexibility index (Phi) is 5.62. The van der Waals surface area contributed by atoms with E-state index in [0.717, 1.165) is 21.7 Å². The molecule has 0 saturated carbocycles. The molecule has 6 heteroatoms. The summed E-state index contributed by atoms with van der Waals surface area (Å²) < 4.78 is 5.06. The first-order valence-electron chi connectivity index (χ1n) is 7.82. The number of esters is 1. The number of carbonyl (C=O) groups excluding carboxylic acids is 2. The molecule has 0 unspecified atom stereocenters. The Balaban J connectivity index is 2.28. The molecule has 0 aliphatic heterocycles. The molecule has 0 aliphatic carbocycles. The third-order valence-corrected chi connectivity index (χ3v) is 4.76. The largest absolute Gasteiger partial charge is 0.462 e. The van der Waals surface area contributed by atoms with E-state index in [9.17, 15) is 9.59 Å². The molecule has 0 atom stereocenters. The summed E-state index contributed by atoms with van der Waals surface area (Å²) in [6.45, 7) is 7.63. The van der Waals surface area contributed by atoms with E-state index in [1.54, 1.807) is 6.92 Å². The lowest BCUT2D eigenvalue weighted by Crippen LogP contribution is -2.17. The number of amides is 1. The number of thiophene rings is 1. The van der Waals surface area contributed by atoms with Gasteiger partial charge in [0.1, 0.15) is 5.00 Å². The minimum atomic E-state index is -0.393. The van der Waals surface area contributed by atoms with Crippen LogP contribution in [0.5, 0.6) is 0 Å². The smallest absolute Gasteiger partial charge is 0.341 e. The van der Waals surface area contributed by atoms with Crippen molar-refractivity contribution in [3.63, 3.8) is 0 Å². The van der Waals surface area contributed by atoms with Crippen LogP contribution in [0.2, 0.25) is 0 Å². The first-order chi connectivity index (χ1) is 11.3. The highest BCUT2D eigenvalue weighted by molar-refractivity contribution is 7.19. The Bertz CT molecular complexity index is 748. The minimum absolute atomic E-state index is 0.0242. The Labute approximate surface area is 145 Å². The summed E-state index contributed by atoms with van der Waals surface area (Å²) in [4.78, 5) is 24.7. The number of rotatable bonds is 5. The lowest BCUT2D eigenvalue weighted by atomic mass is 10.1. The topological polar surface area (TPSA) is 81.4 Å². The van der Waals surface area contributed by atoms with E-state index in [2.05, 4.69) is 5.32 Å². The maximum atomic E-state index is 12.0. The second-order valence-corrected chi connectivity index (χ2v) is 6.79. The number of benzene rings is 1. The molecular weight excluding hydrogens is 324 g/mol. The van der Waals surface area contributed by atoms with Gasteiger partial charge in [0.05, 0.1) is 12.2 Å². The molecule has 2 rings (SSSR count). The fraction of sp³-hybridized carbons (Fsp3) is 0.333. The molecule has 3 N–H and O–H groups in total. The zero-order valence-corrected chi connectivity index (χ0v) is 15.1. The summed E-state index contributed by atoms with van der Waals surface area (Å²) in [7, 11) is 0. The van der Waals surface area contributed by atoms with Gasteiger partial charge in [-0.25, -0.2) is 4.79 Å². The lowest BCUT2D eigenvalue weighted by molar-refractivity contribution is -0.118. The van der Waals surface area contributed by atoms with E-state index >= 15 is 0 Å². The molecule has 1 aromatic carbocycles. The molecule has 24 heavy (non-hydrogen) atoms. The summed E-state index contributed by atoms with van der Waals surface area (Å²) in [5, 5.41) is 3.31. The standard InChI is InChI=1S/C18H22N2O3S/c1-5-23-18(22)14-11(4)15(24-16(14)19)12-6-8-13(9-7-12)20-17(21)10(2)3/h6-10H,5,19H2,1-4H3,(H,20,21). The van der Waals surface area contributed by atoms with E-state index in [1.807, 2.05) is 45.0 Å². The van der Waals surface area contributed by atoms with Crippen LogP contribution in [0.15, 0.2) is 24.3 Å².